The molecular weight excluding hydrogens is 320 g/mol. The van der Waals surface area contributed by atoms with E-state index in [0.29, 0.717) is 11.7 Å². The maximum atomic E-state index is 11.7. The second kappa shape index (κ2) is 8.00. The molecule has 8 heteroatoms. The van der Waals surface area contributed by atoms with Crippen LogP contribution in [-0.2, 0) is 4.79 Å². The standard InChI is InChI=1S/C14H18N4O2S2/c1-4-15-12(19)9(2)21-14-18-17-13(22-14)16-10-7-5-6-8-11(10)20-3/h5-9H,4H2,1-3H3,(H,15,19)(H,16,17)/t9-/m1/s1. The fourth-order valence-corrected chi connectivity index (χ4v) is 3.63. The maximum Gasteiger partial charge on any atom is 0.233 e. The molecule has 1 amide bonds. The van der Waals surface area contributed by atoms with Gasteiger partial charge in [0.15, 0.2) is 4.34 Å². The van der Waals surface area contributed by atoms with E-state index in [0.717, 1.165) is 15.8 Å². The summed E-state index contributed by atoms with van der Waals surface area (Å²) in [7, 11) is 1.62. The van der Waals surface area contributed by atoms with Crippen molar-refractivity contribution in [1.82, 2.24) is 15.5 Å². The third kappa shape index (κ3) is 4.35. The fourth-order valence-electron chi connectivity index (χ4n) is 1.69. The molecule has 0 saturated carbocycles. The zero-order chi connectivity index (χ0) is 15.9. The topological polar surface area (TPSA) is 76.1 Å². The van der Waals surface area contributed by atoms with Crippen LogP contribution in [0.3, 0.4) is 0 Å². The molecule has 1 atom stereocenters. The van der Waals surface area contributed by atoms with Crippen molar-refractivity contribution in [1.29, 1.82) is 0 Å². The fraction of sp³-hybridized carbons (Fsp3) is 0.357. The lowest BCUT2D eigenvalue weighted by molar-refractivity contribution is -0.120. The first-order chi connectivity index (χ1) is 10.6. The molecule has 22 heavy (non-hydrogen) atoms. The molecule has 0 fully saturated rings. The van der Waals surface area contributed by atoms with Gasteiger partial charge in [-0.15, -0.1) is 10.2 Å². The van der Waals surface area contributed by atoms with Crippen LogP contribution in [0.4, 0.5) is 10.8 Å². The lowest BCUT2D eigenvalue weighted by Gasteiger charge is -2.08. The molecule has 2 N–H and O–H groups in total. The lowest BCUT2D eigenvalue weighted by atomic mass is 10.3. The van der Waals surface area contributed by atoms with Crippen molar-refractivity contribution in [2.45, 2.75) is 23.4 Å². The monoisotopic (exact) mass is 338 g/mol. The summed E-state index contributed by atoms with van der Waals surface area (Å²) >= 11 is 2.80. The molecule has 118 valence electrons. The van der Waals surface area contributed by atoms with E-state index in [1.807, 2.05) is 38.1 Å². The van der Waals surface area contributed by atoms with Gasteiger partial charge in [0.05, 0.1) is 18.0 Å². The lowest BCUT2D eigenvalue weighted by Crippen LogP contribution is -2.30. The van der Waals surface area contributed by atoms with Gasteiger partial charge in [0.2, 0.25) is 11.0 Å². The summed E-state index contributed by atoms with van der Waals surface area (Å²) in [5.41, 5.74) is 0.828. The van der Waals surface area contributed by atoms with E-state index in [1.165, 1.54) is 23.1 Å². The number of rotatable bonds is 7. The second-order valence-corrected chi connectivity index (χ2v) is 6.92. The van der Waals surface area contributed by atoms with Gasteiger partial charge in [-0.05, 0) is 26.0 Å². The van der Waals surface area contributed by atoms with E-state index in [-0.39, 0.29) is 11.2 Å². The highest BCUT2D eigenvalue weighted by Gasteiger charge is 2.16. The number of hydrogen-bond acceptors (Lipinski definition) is 7. The van der Waals surface area contributed by atoms with E-state index in [9.17, 15) is 4.79 Å². The number of hydrogen-bond donors (Lipinski definition) is 2. The quantitative estimate of drug-likeness (QED) is 0.756. The highest BCUT2D eigenvalue weighted by Crippen LogP contribution is 2.32. The van der Waals surface area contributed by atoms with Gasteiger partial charge >= 0.3 is 0 Å². The molecule has 0 aliphatic carbocycles. The summed E-state index contributed by atoms with van der Waals surface area (Å²) in [5.74, 6) is 0.740. The zero-order valence-electron chi connectivity index (χ0n) is 12.6. The van der Waals surface area contributed by atoms with E-state index < -0.39 is 0 Å². The van der Waals surface area contributed by atoms with Crippen LogP contribution in [0.15, 0.2) is 28.6 Å². The van der Waals surface area contributed by atoms with Crippen LogP contribution in [0.1, 0.15) is 13.8 Å². The number of nitrogens with one attached hydrogen (secondary N) is 2. The number of thioether (sulfide) groups is 1. The van der Waals surface area contributed by atoms with E-state index in [2.05, 4.69) is 20.8 Å². The first kappa shape index (κ1) is 16.6. The van der Waals surface area contributed by atoms with Crippen LogP contribution in [0.5, 0.6) is 5.75 Å². The number of anilines is 2. The Labute approximate surface area is 137 Å². The molecular formula is C14H18N4O2S2. The van der Waals surface area contributed by atoms with Crippen molar-refractivity contribution in [3.05, 3.63) is 24.3 Å². The van der Waals surface area contributed by atoms with Crippen LogP contribution in [-0.4, -0.2) is 35.0 Å². The summed E-state index contributed by atoms with van der Waals surface area (Å²) in [6.45, 7) is 4.38. The number of benzene rings is 1. The van der Waals surface area contributed by atoms with Gasteiger partial charge in [-0.2, -0.15) is 0 Å². The normalized spacial score (nSPS) is 11.8. The van der Waals surface area contributed by atoms with E-state index in [4.69, 9.17) is 4.74 Å². The van der Waals surface area contributed by atoms with Gasteiger partial charge in [0.25, 0.3) is 0 Å². The van der Waals surface area contributed by atoms with Gasteiger partial charge in [-0.25, -0.2) is 0 Å². The average Bonchev–Trinajstić information content (AvgIpc) is 2.95. The first-order valence-electron chi connectivity index (χ1n) is 6.82. The molecule has 2 aromatic rings. The highest BCUT2D eigenvalue weighted by atomic mass is 32.2. The number of ether oxygens (including phenoxy) is 1. The smallest absolute Gasteiger partial charge is 0.233 e. The molecule has 0 aliphatic heterocycles. The molecule has 0 aliphatic rings. The van der Waals surface area contributed by atoms with Crippen molar-refractivity contribution in [2.24, 2.45) is 0 Å². The number of nitrogens with zero attached hydrogens (tertiary/aromatic N) is 2. The summed E-state index contributed by atoms with van der Waals surface area (Å²) in [4.78, 5) is 11.7. The van der Waals surface area contributed by atoms with Crippen LogP contribution in [0.25, 0.3) is 0 Å². The summed E-state index contributed by atoms with van der Waals surface area (Å²) < 4.78 is 6.03. The number of aromatic nitrogens is 2. The Morgan fingerprint density at radius 3 is 2.91 bits per heavy atom. The summed E-state index contributed by atoms with van der Waals surface area (Å²) in [6, 6.07) is 7.60. The predicted octanol–water partition coefficient (Wildman–Crippen LogP) is 2.91. The Morgan fingerprint density at radius 1 is 1.41 bits per heavy atom. The third-order valence-corrected chi connectivity index (χ3v) is 4.78. The van der Waals surface area contributed by atoms with Crippen LogP contribution < -0.4 is 15.4 Å². The Balaban J connectivity index is 2.01. The van der Waals surface area contributed by atoms with Crippen LogP contribution in [0.2, 0.25) is 0 Å². The number of carbonyl (C=O) groups excluding carboxylic acids is 1. The molecule has 0 unspecified atom stereocenters. The Kier molecular flexibility index (Phi) is 6.02. The number of para-hydroxylation sites is 2. The predicted molar refractivity (Wildman–Crippen MR) is 90.2 cm³/mol. The van der Waals surface area contributed by atoms with Crippen LogP contribution in [0, 0.1) is 0 Å². The first-order valence-corrected chi connectivity index (χ1v) is 8.51. The second-order valence-electron chi connectivity index (χ2n) is 4.35. The van der Waals surface area contributed by atoms with E-state index >= 15 is 0 Å². The molecule has 1 aromatic carbocycles. The molecule has 6 nitrogen and oxygen atoms in total. The summed E-state index contributed by atoms with van der Waals surface area (Å²) in [6.07, 6.45) is 0. The molecule has 1 heterocycles. The summed E-state index contributed by atoms with van der Waals surface area (Å²) in [5, 5.41) is 14.6. The molecule has 0 spiro atoms. The minimum absolute atomic E-state index is 0.00179. The van der Waals surface area contributed by atoms with Crippen LogP contribution >= 0.6 is 23.1 Å². The minimum Gasteiger partial charge on any atom is -0.495 e. The third-order valence-electron chi connectivity index (χ3n) is 2.75. The van der Waals surface area contributed by atoms with E-state index in [1.54, 1.807) is 7.11 Å². The number of methoxy groups -OCH3 is 1. The van der Waals surface area contributed by atoms with Crippen molar-refractivity contribution in [3.8, 4) is 5.75 Å². The minimum atomic E-state index is -0.202. The van der Waals surface area contributed by atoms with Gasteiger partial charge in [0, 0.05) is 6.54 Å². The Hall–Kier alpha value is -1.80. The largest absolute Gasteiger partial charge is 0.495 e. The van der Waals surface area contributed by atoms with Gasteiger partial charge in [0.1, 0.15) is 5.75 Å². The van der Waals surface area contributed by atoms with Crippen molar-refractivity contribution in [3.63, 3.8) is 0 Å². The molecule has 0 saturated heterocycles. The Bertz CT molecular complexity index is 633. The Morgan fingerprint density at radius 2 is 2.18 bits per heavy atom. The SMILES string of the molecule is CCNC(=O)[C@@H](C)Sc1nnc(Nc2ccccc2OC)s1. The number of carbonyl (C=O) groups is 1. The van der Waals surface area contributed by atoms with Crippen molar-refractivity contribution >= 4 is 39.8 Å². The van der Waals surface area contributed by atoms with Gasteiger partial charge in [-0.1, -0.05) is 35.2 Å². The molecule has 2 rings (SSSR count). The maximum absolute atomic E-state index is 11.7. The molecule has 0 radical (unpaired) electrons. The van der Waals surface area contributed by atoms with Crippen molar-refractivity contribution in [2.75, 3.05) is 19.0 Å². The van der Waals surface area contributed by atoms with Gasteiger partial charge < -0.3 is 15.4 Å². The van der Waals surface area contributed by atoms with Crippen molar-refractivity contribution < 1.29 is 9.53 Å². The average molecular weight is 338 g/mol. The molecule has 1 aromatic heterocycles. The highest BCUT2D eigenvalue weighted by molar-refractivity contribution is 8.02. The number of amides is 1. The van der Waals surface area contributed by atoms with Gasteiger partial charge in [-0.3, -0.25) is 4.79 Å². The zero-order valence-corrected chi connectivity index (χ0v) is 14.3. The molecule has 0 bridgehead atoms.